The van der Waals surface area contributed by atoms with Gasteiger partial charge in [-0.05, 0) is 74.4 Å². The van der Waals surface area contributed by atoms with Crippen LogP contribution in [-0.2, 0) is 9.59 Å². The van der Waals surface area contributed by atoms with E-state index in [9.17, 15) is 32.3 Å². The van der Waals surface area contributed by atoms with Crippen molar-refractivity contribution in [3.8, 4) is 22.5 Å². The molecule has 3 unspecified atom stereocenters. The number of imidazole rings is 2. The first kappa shape index (κ1) is 47.4. The normalized spacial score (nSPS) is 16.9. The summed E-state index contributed by atoms with van der Waals surface area (Å²) in [5.41, 5.74) is 15.4. The van der Waals surface area contributed by atoms with Gasteiger partial charge in [0, 0.05) is 60.0 Å². The molecule has 2 fully saturated rings. The van der Waals surface area contributed by atoms with Gasteiger partial charge in [-0.25, -0.2) is 29.5 Å². The highest BCUT2D eigenvalue weighted by Crippen LogP contribution is 2.43. The topological polar surface area (TPSA) is 228 Å². The van der Waals surface area contributed by atoms with Crippen molar-refractivity contribution in [3.63, 3.8) is 0 Å². The molecule has 21 heteroatoms. The second kappa shape index (κ2) is 19.1. The van der Waals surface area contributed by atoms with Gasteiger partial charge < -0.3 is 26.2 Å². The van der Waals surface area contributed by atoms with Gasteiger partial charge in [0.1, 0.15) is 63.8 Å². The number of likely N-dealkylation sites (tertiary alicyclic amines) is 2. The third-order valence-electron chi connectivity index (χ3n) is 13.1. The zero-order valence-electron chi connectivity index (χ0n) is 39.1. The molecule has 73 heavy (non-hydrogen) atoms. The Morgan fingerprint density at radius 3 is 1.88 bits per heavy atom. The molecule has 0 aliphatic carbocycles. The minimum atomic E-state index is -5.05. The lowest BCUT2D eigenvalue weighted by molar-refractivity contribution is -0.705. The predicted octanol–water partition coefficient (Wildman–Crippen LogP) is 7.33. The fraction of sp³-hybridized carbons (Fsp3) is 0.192. The number of halogens is 3. The Balaban J connectivity index is 1.05. The number of nitrogens with one attached hydrogen (secondary N) is 2. The van der Waals surface area contributed by atoms with E-state index < -0.39 is 41.7 Å². The Labute approximate surface area is 414 Å². The van der Waals surface area contributed by atoms with Crippen molar-refractivity contribution < 1.29 is 36.9 Å². The summed E-state index contributed by atoms with van der Waals surface area (Å²) in [5.74, 6) is -0.646. The van der Waals surface area contributed by atoms with Crippen molar-refractivity contribution in [1.29, 1.82) is 0 Å². The minimum Gasteiger partial charge on any atom is -0.382 e. The summed E-state index contributed by atoms with van der Waals surface area (Å²) in [6.45, 7) is 5.18. The molecule has 2 aromatic carbocycles. The Hall–Kier alpha value is -9.27. The minimum absolute atomic E-state index is 0.0278. The van der Waals surface area contributed by atoms with Crippen molar-refractivity contribution in [2.75, 3.05) is 35.2 Å². The second-order valence-corrected chi connectivity index (χ2v) is 17.5. The molecule has 8 heterocycles. The van der Waals surface area contributed by atoms with E-state index >= 15 is 0 Å². The van der Waals surface area contributed by atoms with Gasteiger partial charge in [-0.2, -0.15) is 13.2 Å². The van der Waals surface area contributed by atoms with E-state index in [1.165, 1.54) is 12.3 Å². The Morgan fingerprint density at radius 2 is 1.32 bits per heavy atom. The molecule has 0 saturated carbocycles. The van der Waals surface area contributed by atoms with E-state index in [-0.39, 0.29) is 42.2 Å². The van der Waals surface area contributed by atoms with Crippen LogP contribution in [-0.4, -0.2) is 86.4 Å². The van der Waals surface area contributed by atoms with Gasteiger partial charge in [0.25, 0.3) is 23.5 Å². The van der Waals surface area contributed by atoms with Gasteiger partial charge >= 0.3 is 6.18 Å². The first-order valence-electron chi connectivity index (χ1n) is 23.2. The number of allylic oxidation sites excluding steroid dienone is 1. The van der Waals surface area contributed by atoms with Crippen LogP contribution in [0.5, 0.6) is 0 Å². The maximum Gasteiger partial charge on any atom is 0.421 e. The number of nitrogen functional groups attached to an aromatic ring is 2. The van der Waals surface area contributed by atoms with Crippen LogP contribution >= 0.6 is 0 Å². The molecule has 10 rings (SSSR count). The van der Waals surface area contributed by atoms with E-state index in [4.69, 9.17) is 21.4 Å². The smallest absolute Gasteiger partial charge is 0.382 e. The number of hydrogen-bond acceptors (Lipinski definition) is 11. The lowest BCUT2D eigenvalue weighted by atomic mass is 10.1. The van der Waals surface area contributed by atoms with Crippen molar-refractivity contribution in [1.82, 2.24) is 43.5 Å². The first-order valence-corrected chi connectivity index (χ1v) is 23.2. The highest BCUT2D eigenvalue weighted by Gasteiger charge is 2.48. The number of nitrogens with zero attached hydrogens (tertiary/aromatic N) is 10. The van der Waals surface area contributed by atoms with Crippen molar-refractivity contribution >= 4 is 57.9 Å². The maximum absolute atomic E-state index is 14.4. The molecule has 8 aromatic rings. The quantitative estimate of drug-likeness (QED) is 0.0741. The molecule has 2 aliphatic heterocycles. The van der Waals surface area contributed by atoms with Crippen LogP contribution in [0.15, 0.2) is 146 Å². The molecule has 3 atom stereocenters. The number of aromatic nitrogens is 8. The SMILES string of the molecule is C=C(C(=O)N1CC([n+]2ccn3c(C4CCCN4C(=O)C=CC)nc(-c4ccc(C(=O)Nc5ccccn5)cc4)c3c2N)CC1c1nc(-c2ccc(C(=O)Nc3ccccn3)cc2)c2c(N)nccn12)C(F)(F)F. The average Bonchev–Trinajstić information content (AvgIpc) is 4.22. The molecule has 6 aromatic heterocycles. The molecule has 2 saturated heterocycles. The lowest BCUT2D eigenvalue weighted by Crippen LogP contribution is -2.45. The molecular formula is C52H46F3N14O4+. The van der Waals surface area contributed by atoms with Crippen LogP contribution < -0.4 is 26.7 Å². The van der Waals surface area contributed by atoms with Crippen molar-refractivity contribution in [2.45, 2.75) is 50.5 Å². The second-order valence-electron chi connectivity index (χ2n) is 17.5. The molecule has 0 spiro atoms. The maximum atomic E-state index is 14.4. The highest BCUT2D eigenvalue weighted by molar-refractivity contribution is 6.05. The number of pyridine rings is 2. The van der Waals surface area contributed by atoms with Gasteiger partial charge in [-0.1, -0.05) is 49.1 Å². The number of anilines is 4. The molecular weight excluding hydrogens is 942 g/mol. The zero-order chi connectivity index (χ0) is 51.1. The van der Waals surface area contributed by atoms with Gasteiger partial charge in [0.2, 0.25) is 5.91 Å². The summed E-state index contributed by atoms with van der Waals surface area (Å²) in [4.78, 5) is 79.4. The van der Waals surface area contributed by atoms with Gasteiger partial charge in [0.05, 0.1) is 24.8 Å². The molecule has 368 valence electrons. The van der Waals surface area contributed by atoms with Gasteiger partial charge in [-0.3, -0.25) is 33.7 Å². The highest BCUT2D eigenvalue weighted by atomic mass is 19.4. The summed E-state index contributed by atoms with van der Waals surface area (Å²) in [6.07, 6.45) is 9.02. The number of amides is 4. The van der Waals surface area contributed by atoms with Gasteiger partial charge in [0.15, 0.2) is 5.52 Å². The van der Waals surface area contributed by atoms with Crippen molar-refractivity contribution in [3.05, 3.63) is 169 Å². The summed E-state index contributed by atoms with van der Waals surface area (Å²) in [6, 6.07) is 21.2. The van der Waals surface area contributed by atoms with Crippen LogP contribution in [0.4, 0.5) is 36.4 Å². The molecule has 18 nitrogen and oxygen atoms in total. The number of nitrogens with two attached hydrogens (primary N) is 2. The Kier molecular flexibility index (Phi) is 12.4. The average molecular weight is 988 g/mol. The summed E-state index contributed by atoms with van der Waals surface area (Å²) >= 11 is 0. The van der Waals surface area contributed by atoms with Crippen LogP contribution in [0.3, 0.4) is 0 Å². The van der Waals surface area contributed by atoms with E-state index in [2.05, 4.69) is 32.2 Å². The van der Waals surface area contributed by atoms with Crippen molar-refractivity contribution in [2.24, 2.45) is 0 Å². The van der Waals surface area contributed by atoms with Crippen LogP contribution in [0, 0.1) is 0 Å². The number of hydrogen-bond donors (Lipinski definition) is 4. The largest absolute Gasteiger partial charge is 0.421 e. The molecule has 0 radical (unpaired) electrons. The Bertz CT molecular complexity index is 3490. The molecule has 0 bridgehead atoms. The van der Waals surface area contributed by atoms with Crippen LogP contribution in [0.25, 0.3) is 33.5 Å². The number of rotatable bonds is 11. The number of benzene rings is 2. The van der Waals surface area contributed by atoms with E-state index in [0.29, 0.717) is 75.1 Å². The lowest BCUT2D eigenvalue weighted by Gasteiger charge is -2.25. The van der Waals surface area contributed by atoms with E-state index in [1.807, 2.05) is 4.40 Å². The monoisotopic (exact) mass is 987 g/mol. The molecule has 4 amide bonds. The van der Waals surface area contributed by atoms with Crippen LogP contribution in [0.1, 0.15) is 76.7 Å². The Morgan fingerprint density at radius 1 is 0.740 bits per heavy atom. The summed E-state index contributed by atoms with van der Waals surface area (Å²) in [7, 11) is 0. The number of alkyl halides is 3. The first-order chi connectivity index (χ1) is 35.2. The van der Waals surface area contributed by atoms with E-state index in [1.54, 1.807) is 143 Å². The molecule has 2 aliphatic rings. The van der Waals surface area contributed by atoms with Gasteiger partial charge in [-0.15, -0.1) is 0 Å². The zero-order valence-corrected chi connectivity index (χ0v) is 39.1. The number of fused-ring (bicyclic) bond motifs is 2. The number of carbonyl (C=O) groups is 4. The standard InChI is InChI=1S/C52H45F3N14O4/c1-3-9-40(70)66-24-8-10-36(66)47-64-42(32-15-19-34(20-16-32)50(72)62-39-12-5-7-22-59-39)44-46(57)65(26-27-68(44)47)35-28-37(69(29-35)51(73)30(2)52(53,54)55)48-63-41(43-45(56)60-23-25-67(43)48)31-13-17-33(18-14-31)49(71)61-38-11-4-6-21-58-38/h3-7,9,11-23,25-27,35-37,57H,2,8,10,24,28-29H2,1H3,(H4,56,58,59,60,61,62,71,72)/p+1. The van der Waals surface area contributed by atoms with E-state index in [0.717, 1.165) is 11.3 Å². The fourth-order valence-corrected chi connectivity index (χ4v) is 9.59. The third kappa shape index (κ3) is 8.96. The predicted molar refractivity (Wildman–Crippen MR) is 264 cm³/mol. The van der Waals surface area contributed by atoms with Crippen LogP contribution in [0.2, 0.25) is 0 Å². The summed E-state index contributed by atoms with van der Waals surface area (Å²) < 4.78 is 48.3. The third-order valence-corrected chi connectivity index (χ3v) is 13.1. The fourth-order valence-electron chi connectivity index (χ4n) is 9.59. The number of carbonyl (C=O) groups excluding carboxylic acids is 4. The summed E-state index contributed by atoms with van der Waals surface area (Å²) in [5, 5.41) is 5.52. The molecule has 6 N–H and O–H groups in total.